The molecule has 1 aromatic rings. The first-order chi connectivity index (χ1) is 14.1. The van der Waals surface area contributed by atoms with Gasteiger partial charge in [0.2, 0.25) is 11.8 Å². The number of nitrogens with zero attached hydrogens (tertiary/aromatic N) is 1. The Hall–Kier alpha value is -1.66. The maximum absolute atomic E-state index is 13.5. The SMILES string of the molecule is O=C(NC1CCCCCC1)[C@@H](c1ccc(F)cc1)N(C[C@H]1CCCO1)C(=O)CCl. The normalized spacial score (nSPS) is 21.4. The summed E-state index contributed by atoms with van der Waals surface area (Å²) in [5, 5.41) is 3.15. The molecule has 2 atom stereocenters. The second-order valence-corrected chi connectivity index (χ2v) is 8.23. The molecule has 1 saturated heterocycles. The lowest BCUT2D eigenvalue weighted by molar-refractivity contribution is -0.141. The van der Waals surface area contributed by atoms with Gasteiger partial charge in [0.05, 0.1) is 6.10 Å². The Kier molecular flexibility index (Phi) is 8.30. The summed E-state index contributed by atoms with van der Waals surface area (Å²) < 4.78 is 19.2. The van der Waals surface area contributed by atoms with Crippen LogP contribution in [0.15, 0.2) is 24.3 Å². The molecule has 2 amide bonds. The smallest absolute Gasteiger partial charge is 0.247 e. The standard InChI is InChI=1S/C22H30ClFN2O3/c23-14-20(27)26(15-19-8-5-13-29-19)21(16-9-11-17(24)12-10-16)22(28)25-18-6-3-1-2-4-7-18/h9-12,18-19,21H,1-8,13-15H2,(H,25,28)/t19-,21-/m1/s1. The van der Waals surface area contributed by atoms with Crippen molar-refractivity contribution < 1.29 is 18.7 Å². The van der Waals surface area contributed by atoms with Gasteiger partial charge in [-0.25, -0.2) is 4.39 Å². The third-order valence-corrected chi connectivity index (χ3v) is 6.03. The fourth-order valence-electron chi connectivity index (χ4n) is 4.26. The van der Waals surface area contributed by atoms with E-state index >= 15 is 0 Å². The highest BCUT2D eigenvalue weighted by atomic mass is 35.5. The first-order valence-corrected chi connectivity index (χ1v) is 11.1. The molecule has 0 unspecified atom stereocenters. The molecule has 2 fully saturated rings. The zero-order valence-corrected chi connectivity index (χ0v) is 17.5. The second kappa shape index (κ2) is 10.9. The molecule has 1 saturated carbocycles. The van der Waals surface area contributed by atoms with E-state index in [0.717, 1.165) is 38.5 Å². The van der Waals surface area contributed by atoms with Crippen LogP contribution in [0, 0.1) is 5.82 Å². The highest BCUT2D eigenvalue weighted by Crippen LogP contribution is 2.26. The van der Waals surface area contributed by atoms with Gasteiger partial charge in [0, 0.05) is 19.2 Å². The molecular weight excluding hydrogens is 395 g/mol. The van der Waals surface area contributed by atoms with E-state index in [1.807, 2.05) is 0 Å². The Labute approximate surface area is 176 Å². The lowest BCUT2D eigenvalue weighted by atomic mass is 10.0. The van der Waals surface area contributed by atoms with Gasteiger partial charge in [-0.3, -0.25) is 9.59 Å². The van der Waals surface area contributed by atoms with E-state index in [2.05, 4.69) is 5.32 Å². The van der Waals surface area contributed by atoms with E-state index in [1.165, 1.54) is 29.9 Å². The highest BCUT2D eigenvalue weighted by Gasteiger charge is 2.34. The van der Waals surface area contributed by atoms with Crippen LogP contribution >= 0.6 is 11.6 Å². The van der Waals surface area contributed by atoms with E-state index in [4.69, 9.17) is 16.3 Å². The lowest BCUT2D eigenvalue weighted by Gasteiger charge is -2.33. The molecule has 1 N–H and O–H groups in total. The van der Waals surface area contributed by atoms with Gasteiger partial charge in [0.1, 0.15) is 17.7 Å². The summed E-state index contributed by atoms with van der Waals surface area (Å²) in [6.07, 6.45) is 8.09. The van der Waals surface area contributed by atoms with E-state index < -0.39 is 6.04 Å². The fraction of sp³-hybridized carbons (Fsp3) is 0.636. The quantitative estimate of drug-likeness (QED) is 0.532. The van der Waals surface area contributed by atoms with Gasteiger partial charge in [0.25, 0.3) is 0 Å². The Morgan fingerprint density at radius 1 is 1.10 bits per heavy atom. The molecule has 1 aliphatic carbocycles. The number of alkyl halides is 1. The summed E-state index contributed by atoms with van der Waals surface area (Å²) in [4.78, 5) is 27.6. The van der Waals surface area contributed by atoms with Crippen LogP contribution in [0.3, 0.4) is 0 Å². The van der Waals surface area contributed by atoms with Crippen molar-refractivity contribution in [1.82, 2.24) is 10.2 Å². The summed E-state index contributed by atoms with van der Waals surface area (Å²) in [7, 11) is 0. The van der Waals surface area contributed by atoms with Crippen LogP contribution in [0.5, 0.6) is 0 Å². The number of benzene rings is 1. The highest BCUT2D eigenvalue weighted by molar-refractivity contribution is 6.27. The predicted octanol–water partition coefficient (Wildman–Crippen LogP) is 3.95. The zero-order chi connectivity index (χ0) is 20.6. The number of hydrogen-bond acceptors (Lipinski definition) is 3. The number of carbonyl (C=O) groups excluding carboxylic acids is 2. The molecule has 5 nitrogen and oxygen atoms in total. The largest absolute Gasteiger partial charge is 0.376 e. The average Bonchev–Trinajstić information content (AvgIpc) is 3.11. The molecule has 0 spiro atoms. The molecule has 1 aliphatic heterocycles. The van der Waals surface area contributed by atoms with Crippen LogP contribution in [0.2, 0.25) is 0 Å². The lowest BCUT2D eigenvalue weighted by Crippen LogP contribution is -2.49. The van der Waals surface area contributed by atoms with Gasteiger partial charge in [-0.2, -0.15) is 0 Å². The molecule has 0 aromatic heterocycles. The molecule has 2 aliphatic rings. The molecule has 29 heavy (non-hydrogen) atoms. The molecule has 160 valence electrons. The van der Waals surface area contributed by atoms with Gasteiger partial charge in [0.15, 0.2) is 0 Å². The number of nitrogens with one attached hydrogen (secondary N) is 1. The fourth-order valence-corrected chi connectivity index (χ4v) is 4.41. The number of rotatable bonds is 7. The molecule has 7 heteroatoms. The number of carbonyl (C=O) groups is 2. The van der Waals surface area contributed by atoms with Crippen LogP contribution < -0.4 is 5.32 Å². The number of halogens is 2. The zero-order valence-electron chi connectivity index (χ0n) is 16.7. The summed E-state index contributed by atoms with van der Waals surface area (Å²) in [6.45, 7) is 0.953. The van der Waals surface area contributed by atoms with Crippen LogP contribution in [0.4, 0.5) is 4.39 Å². The van der Waals surface area contributed by atoms with E-state index in [-0.39, 0.29) is 35.7 Å². The van der Waals surface area contributed by atoms with Crippen LogP contribution in [0.1, 0.15) is 63.0 Å². The van der Waals surface area contributed by atoms with Gasteiger partial charge < -0.3 is 15.0 Å². The van der Waals surface area contributed by atoms with Crippen LogP contribution in [-0.2, 0) is 14.3 Å². The second-order valence-electron chi connectivity index (χ2n) is 7.97. The van der Waals surface area contributed by atoms with Crippen molar-refractivity contribution in [3.63, 3.8) is 0 Å². The van der Waals surface area contributed by atoms with Crippen molar-refractivity contribution in [3.8, 4) is 0 Å². The molecule has 1 aromatic carbocycles. The third kappa shape index (κ3) is 6.16. The van der Waals surface area contributed by atoms with Crippen molar-refractivity contribution in [1.29, 1.82) is 0 Å². The molecule has 1 heterocycles. The van der Waals surface area contributed by atoms with Crippen molar-refractivity contribution in [2.45, 2.75) is 69.6 Å². The first-order valence-electron chi connectivity index (χ1n) is 10.6. The molecule has 0 bridgehead atoms. The van der Waals surface area contributed by atoms with Gasteiger partial charge >= 0.3 is 0 Å². The number of amides is 2. The maximum Gasteiger partial charge on any atom is 0.247 e. The van der Waals surface area contributed by atoms with Crippen molar-refractivity contribution in [2.75, 3.05) is 19.0 Å². The van der Waals surface area contributed by atoms with Gasteiger partial charge in [-0.05, 0) is 43.4 Å². The summed E-state index contributed by atoms with van der Waals surface area (Å²) in [5.41, 5.74) is 0.578. The van der Waals surface area contributed by atoms with Crippen molar-refractivity contribution in [3.05, 3.63) is 35.6 Å². The topological polar surface area (TPSA) is 58.6 Å². The number of ether oxygens (including phenoxy) is 1. The molecular formula is C22H30ClFN2O3. The van der Waals surface area contributed by atoms with E-state index in [0.29, 0.717) is 18.7 Å². The Bertz CT molecular complexity index is 671. The van der Waals surface area contributed by atoms with Crippen LogP contribution in [-0.4, -0.2) is 47.9 Å². The molecule has 0 radical (unpaired) electrons. The predicted molar refractivity (Wildman–Crippen MR) is 110 cm³/mol. The van der Waals surface area contributed by atoms with Crippen molar-refractivity contribution >= 4 is 23.4 Å². The minimum absolute atomic E-state index is 0.101. The molecule has 3 rings (SSSR count). The third-order valence-electron chi connectivity index (χ3n) is 5.81. The number of hydrogen-bond donors (Lipinski definition) is 1. The monoisotopic (exact) mass is 424 g/mol. The summed E-state index contributed by atoms with van der Waals surface area (Å²) >= 11 is 5.88. The van der Waals surface area contributed by atoms with Gasteiger partial charge in [-0.15, -0.1) is 11.6 Å². The average molecular weight is 425 g/mol. The first kappa shape index (κ1) is 22.0. The Balaban J connectivity index is 1.85. The van der Waals surface area contributed by atoms with E-state index in [1.54, 1.807) is 12.1 Å². The summed E-state index contributed by atoms with van der Waals surface area (Å²) in [5.74, 6) is -1.17. The van der Waals surface area contributed by atoms with Crippen LogP contribution in [0.25, 0.3) is 0 Å². The Morgan fingerprint density at radius 3 is 2.38 bits per heavy atom. The Morgan fingerprint density at radius 2 is 1.79 bits per heavy atom. The minimum atomic E-state index is -0.852. The van der Waals surface area contributed by atoms with Gasteiger partial charge in [-0.1, -0.05) is 37.8 Å². The van der Waals surface area contributed by atoms with E-state index in [9.17, 15) is 14.0 Å². The summed E-state index contributed by atoms with van der Waals surface area (Å²) in [6, 6.07) is 5.01. The maximum atomic E-state index is 13.5. The van der Waals surface area contributed by atoms with Crippen molar-refractivity contribution in [2.24, 2.45) is 0 Å². The minimum Gasteiger partial charge on any atom is -0.376 e.